The molecule has 1 N–H and O–H groups in total. The first kappa shape index (κ1) is 21.6. The highest BCUT2D eigenvalue weighted by molar-refractivity contribution is 7.92. The van der Waals surface area contributed by atoms with Gasteiger partial charge in [0.25, 0.3) is 10.0 Å². The second-order valence-corrected chi connectivity index (χ2v) is 10.6. The minimum atomic E-state index is -3.81. The van der Waals surface area contributed by atoms with Crippen molar-refractivity contribution in [2.24, 2.45) is 0 Å². The van der Waals surface area contributed by atoms with Crippen molar-refractivity contribution < 1.29 is 8.42 Å². The van der Waals surface area contributed by atoms with Gasteiger partial charge in [0.2, 0.25) is 0 Å². The zero-order valence-electron chi connectivity index (χ0n) is 17.3. The summed E-state index contributed by atoms with van der Waals surface area (Å²) in [7, 11) is -3.81. The van der Waals surface area contributed by atoms with Crippen LogP contribution in [0.5, 0.6) is 0 Å². The topological polar surface area (TPSA) is 68.2 Å². The molecular formula is C23H21ClN2O3S2. The van der Waals surface area contributed by atoms with Crippen LogP contribution in [0.15, 0.2) is 64.3 Å². The SMILES string of the molecule is Cc1cc(C)c(NS(=O)(=O)c2ccc3c(c2)sc(=O)n3Cc2ccccc2Cl)c(C)c1. The highest BCUT2D eigenvalue weighted by atomic mass is 35.5. The molecule has 31 heavy (non-hydrogen) atoms. The summed E-state index contributed by atoms with van der Waals surface area (Å²) in [5.74, 6) is 0. The number of aromatic nitrogens is 1. The number of benzene rings is 3. The van der Waals surface area contributed by atoms with E-state index in [0.717, 1.165) is 33.6 Å². The summed E-state index contributed by atoms with van der Waals surface area (Å²) in [5.41, 5.74) is 4.88. The number of thiazole rings is 1. The zero-order valence-corrected chi connectivity index (χ0v) is 19.7. The molecule has 0 radical (unpaired) electrons. The van der Waals surface area contributed by atoms with Gasteiger partial charge in [-0.05, 0) is 61.7 Å². The molecule has 1 heterocycles. The molecule has 4 rings (SSSR count). The number of anilines is 1. The Labute approximate surface area is 190 Å². The van der Waals surface area contributed by atoms with Gasteiger partial charge in [0, 0.05) is 5.02 Å². The van der Waals surface area contributed by atoms with Gasteiger partial charge in [-0.15, -0.1) is 0 Å². The average Bonchev–Trinajstić information content (AvgIpc) is 3.01. The predicted molar refractivity (Wildman–Crippen MR) is 128 cm³/mol. The fourth-order valence-electron chi connectivity index (χ4n) is 3.69. The lowest BCUT2D eigenvalue weighted by atomic mass is 10.1. The molecule has 8 heteroatoms. The summed E-state index contributed by atoms with van der Waals surface area (Å²) >= 11 is 7.26. The number of aryl methyl sites for hydroxylation is 3. The van der Waals surface area contributed by atoms with Crippen molar-refractivity contribution in [2.75, 3.05) is 4.72 Å². The fraction of sp³-hybridized carbons (Fsp3) is 0.174. The minimum Gasteiger partial charge on any atom is -0.294 e. The van der Waals surface area contributed by atoms with Crippen molar-refractivity contribution in [3.05, 3.63) is 91.5 Å². The van der Waals surface area contributed by atoms with Crippen LogP contribution < -0.4 is 9.60 Å². The quantitative estimate of drug-likeness (QED) is 0.417. The lowest BCUT2D eigenvalue weighted by Crippen LogP contribution is -2.15. The summed E-state index contributed by atoms with van der Waals surface area (Å²) in [6.45, 7) is 6.05. The minimum absolute atomic E-state index is 0.116. The van der Waals surface area contributed by atoms with Gasteiger partial charge >= 0.3 is 4.87 Å². The van der Waals surface area contributed by atoms with E-state index in [1.165, 1.54) is 6.07 Å². The molecule has 3 aromatic carbocycles. The standard InChI is InChI=1S/C23H21ClN2O3S2/c1-14-10-15(2)22(16(3)11-14)25-31(28,29)18-8-9-20-21(12-18)30-23(27)26(20)13-17-6-4-5-7-19(17)24/h4-12,25H,13H2,1-3H3. The maximum atomic E-state index is 13.1. The van der Waals surface area contributed by atoms with Crippen LogP contribution in [-0.2, 0) is 16.6 Å². The van der Waals surface area contributed by atoms with E-state index in [2.05, 4.69) is 4.72 Å². The van der Waals surface area contributed by atoms with E-state index in [1.807, 2.05) is 51.1 Å². The van der Waals surface area contributed by atoms with Crippen molar-refractivity contribution in [3.8, 4) is 0 Å². The van der Waals surface area contributed by atoms with Gasteiger partial charge in [-0.1, -0.05) is 58.8 Å². The van der Waals surface area contributed by atoms with Gasteiger partial charge in [-0.2, -0.15) is 0 Å². The summed E-state index contributed by atoms with van der Waals surface area (Å²) in [6.07, 6.45) is 0. The predicted octanol–water partition coefficient (Wildman–Crippen LogP) is 5.49. The highest BCUT2D eigenvalue weighted by Crippen LogP contribution is 2.28. The molecule has 0 fully saturated rings. The van der Waals surface area contributed by atoms with Crippen molar-refractivity contribution in [1.82, 2.24) is 4.57 Å². The first-order valence-corrected chi connectivity index (χ1v) is 12.3. The van der Waals surface area contributed by atoms with Crippen LogP contribution in [-0.4, -0.2) is 13.0 Å². The fourth-order valence-corrected chi connectivity index (χ4v) is 6.12. The normalized spacial score (nSPS) is 11.7. The van der Waals surface area contributed by atoms with Crippen LogP contribution in [0.1, 0.15) is 22.3 Å². The molecule has 0 saturated carbocycles. The lowest BCUT2D eigenvalue weighted by molar-refractivity contribution is 0.601. The van der Waals surface area contributed by atoms with Crippen LogP contribution >= 0.6 is 22.9 Å². The van der Waals surface area contributed by atoms with Crippen LogP contribution in [0.2, 0.25) is 5.02 Å². The van der Waals surface area contributed by atoms with Gasteiger partial charge in [-0.25, -0.2) is 8.42 Å². The summed E-state index contributed by atoms with van der Waals surface area (Å²) < 4.78 is 31.0. The molecule has 4 aromatic rings. The first-order valence-electron chi connectivity index (χ1n) is 9.63. The number of sulfonamides is 1. The molecule has 0 saturated heterocycles. The van der Waals surface area contributed by atoms with Crippen molar-refractivity contribution in [1.29, 1.82) is 0 Å². The van der Waals surface area contributed by atoms with Gasteiger partial charge in [0.1, 0.15) is 0 Å². The monoisotopic (exact) mass is 472 g/mol. The van der Waals surface area contributed by atoms with E-state index >= 15 is 0 Å². The summed E-state index contributed by atoms with van der Waals surface area (Å²) in [5, 5.41) is 0.584. The lowest BCUT2D eigenvalue weighted by Gasteiger charge is -2.14. The van der Waals surface area contributed by atoms with Crippen molar-refractivity contribution in [2.45, 2.75) is 32.2 Å². The van der Waals surface area contributed by atoms with E-state index < -0.39 is 10.0 Å². The van der Waals surface area contributed by atoms with Gasteiger partial charge in [0.15, 0.2) is 0 Å². The van der Waals surface area contributed by atoms with Crippen molar-refractivity contribution in [3.63, 3.8) is 0 Å². The molecule has 0 bridgehead atoms. The van der Waals surface area contributed by atoms with Crippen LogP contribution in [0.4, 0.5) is 5.69 Å². The molecule has 0 atom stereocenters. The van der Waals surface area contributed by atoms with Crippen molar-refractivity contribution >= 4 is 48.9 Å². The Morgan fingerprint density at radius 3 is 2.35 bits per heavy atom. The van der Waals surface area contributed by atoms with E-state index in [0.29, 0.717) is 27.5 Å². The maximum Gasteiger partial charge on any atom is 0.308 e. The number of hydrogen-bond donors (Lipinski definition) is 1. The van der Waals surface area contributed by atoms with Crippen LogP contribution in [0, 0.1) is 20.8 Å². The van der Waals surface area contributed by atoms with E-state index in [9.17, 15) is 13.2 Å². The Bertz CT molecular complexity index is 1450. The Morgan fingerprint density at radius 1 is 1.00 bits per heavy atom. The molecule has 1 aromatic heterocycles. The summed E-state index contributed by atoms with van der Waals surface area (Å²) in [4.78, 5) is 12.6. The number of hydrogen-bond acceptors (Lipinski definition) is 4. The number of fused-ring (bicyclic) bond motifs is 1. The largest absolute Gasteiger partial charge is 0.308 e. The third-order valence-electron chi connectivity index (χ3n) is 5.15. The van der Waals surface area contributed by atoms with E-state index in [4.69, 9.17) is 11.6 Å². The molecule has 0 spiro atoms. The molecule has 5 nitrogen and oxygen atoms in total. The number of halogens is 1. The Hall–Kier alpha value is -2.61. The Balaban J connectivity index is 1.72. The van der Waals surface area contributed by atoms with Crippen LogP contribution in [0.3, 0.4) is 0 Å². The number of nitrogens with one attached hydrogen (secondary N) is 1. The first-order chi connectivity index (χ1) is 14.7. The molecule has 0 aliphatic rings. The maximum absolute atomic E-state index is 13.1. The molecule has 0 amide bonds. The average molecular weight is 473 g/mol. The zero-order chi connectivity index (χ0) is 22.3. The van der Waals surface area contributed by atoms with E-state index in [1.54, 1.807) is 22.8 Å². The smallest absolute Gasteiger partial charge is 0.294 e. The van der Waals surface area contributed by atoms with Gasteiger partial charge < -0.3 is 0 Å². The second kappa shape index (κ2) is 8.15. The third-order valence-corrected chi connectivity index (χ3v) is 7.81. The third kappa shape index (κ3) is 4.26. The molecule has 0 aliphatic heterocycles. The van der Waals surface area contributed by atoms with Gasteiger partial charge in [0.05, 0.1) is 27.3 Å². The highest BCUT2D eigenvalue weighted by Gasteiger charge is 2.19. The Kier molecular flexibility index (Phi) is 5.68. The van der Waals surface area contributed by atoms with E-state index in [-0.39, 0.29) is 9.77 Å². The number of rotatable bonds is 5. The van der Waals surface area contributed by atoms with Gasteiger partial charge in [-0.3, -0.25) is 14.1 Å². The van der Waals surface area contributed by atoms with Crippen LogP contribution in [0.25, 0.3) is 10.2 Å². The molecule has 0 unspecified atom stereocenters. The molecule has 0 aliphatic carbocycles. The molecule has 160 valence electrons. The Morgan fingerprint density at radius 2 is 1.68 bits per heavy atom. The second-order valence-electron chi connectivity index (χ2n) is 7.55. The molecular weight excluding hydrogens is 452 g/mol. The number of nitrogens with zero attached hydrogens (tertiary/aromatic N) is 1. The summed E-state index contributed by atoms with van der Waals surface area (Å²) in [6, 6.07) is 16.0.